The van der Waals surface area contributed by atoms with Gasteiger partial charge >= 0.3 is 11.9 Å². The molecule has 0 aliphatic heterocycles. The molecule has 5 heteroatoms. The van der Waals surface area contributed by atoms with Gasteiger partial charge in [-0.05, 0) is 43.9 Å². The van der Waals surface area contributed by atoms with E-state index >= 15 is 0 Å². The van der Waals surface area contributed by atoms with Gasteiger partial charge in [-0.15, -0.1) is 10.2 Å². The third kappa shape index (κ3) is 3.38. The first-order valence-electron chi connectivity index (χ1n) is 7.42. The van der Waals surface area contributed by atoms with Gasteiger partial charge in [0.15, 0.2) is 0 Å². The van der Waals surface area contributed by atoms with E-state index in [2.05, 4.69) is 31.0 Å². The molecule has 0 unspecified atom stereocenters. The highest BCUT2D eigenvalue weighted by molar-refractivity contribution is 5.83. The van der Waals surface area contributed by atoms with Gasteiger partial charge in [0.25, 0.3) is 0 Å². The van der Waals surface area contributed by atoms with Crippen LogP contribution in [-0.4, -0.2) is 22.8 Å². The van der Waals surface area contributed by atoms with Crippen LogP contribution in [0, 0.1) is 11.3 Å². The number of hydrogen-bond donors (Lipinski definition) is 0. The Bertz CT molecular complexity index is 454. The molecule has 0 bridgehead atoms. The third-order valence-electron chi connectivity index (χ3n) is 4.19. The topological polar surface area (TPSA) is 65.2 Å². The lowest BCUT2D eigenvalue weighted by Gasteiger charge is -2.35. The Labute approximate surface area is 120 Å². The summed E-state index contributed by atoms with van der Waals surface area (Å²) in [6, 6.07) is 0. The highest BCUT2D eigenvalue weighted by Gasteiger charge is 2.32. The van der Waals surface area contributed by atoms with E-state index in [1.807, 2.05) is 0 Å². The highest BCUT2D eigenvalue weighted by Crippen LogP contribution is 2.42. The van der Waals surface area contributed by atoms with Crippen molar-refractivity contribution in [2.45, 2.75) is 59.3 Å². The van der Waals surface area contributed by atoms with Crippen molar-refractivity contribution in [3.05, 3.63) is 11.8 Å². The Morgan fingerprint density at radius 1 is 1.25 bits per heavy atom. The molecule has 2 rings (SSSR count). The fraction of sp³-hybridized carbons (Fsp3) is 0.800. The fourth-order valence-electron chi connectivity index (χ4n) is 2.88. The Kier molecular flexibility index (Phi) is 4.45. The molecule has 0 aromatic carbocycles. The zero-order valence-corrected chi connectivity index (χ0v) is 12.8. The van der Waals surface area contributed by atoms with E-state index in [9.17, 15) is 4.79 Å². The molecule has 0 saturated heterocycles. The van der Waals surface area contributed by atoms with Crippen LogP contribution < -0.4 is 0 Å². The molecular weight excluding hydrogens is 256 g/mol. The molecule has 1 aromatic heterocycles. The lowest BCUT2D eigenvalue weighted by Crippen LogP contribution is -2.25. The molecule has 1 aromatic rings. The molecule has 0 atom stereocenters. The van der Waals surface area contributed by atoms with E-state index in [1.165, 1.54) is 12.8 Å². The Balaban J connectivity index is 1.96. The summed E-state index contributed by atoms with van der Waals surface area (Å²) in [6.07, 6.45) is 4.44. The second kappa shape index (κ2) is 5.94. The quantitative estimate of drug-likeness (QED) is 0.792. The zero-order valence-electron chi connectivity index (χ0n) is 12.8. The van der Waals surface area contributed by atoms with Gasteiger partial charge < -0.3 is 9.15 Å². The summed E-state index contributed by atoms with van der Waals surface area (Å²) in [5.74, 6) is 1.05. The van der Waals surface area contributed by atoms with E-state index in [4.69, 9.17) is 9.15 Å². The highest BCUT2D eigenvalue weighted by atomic mass is 16.5. The van der Waals surface area contributed by atoms with Crippen molar-refractivity contribution < 1.29 is 13.9 Å². The van der Waals surface area contributed by atoms with Crippen LogP contribution in [0.4, 0.5) is 0 Å². The number of nitrogens with zero attached hydrogens (tertiary/aromatic N) is 2. The smallest absolute Gasteiger partial charge is 0.396 e. The Morgan fingerprint density at radius 3 is 2.45 bits per heavy atom. The maximum atomic E-state index is 11.5. The number of carbonyl (C=O) groups excluding carboxylic acids is 1. The molecule has 0 amide bonds. The summed E-state index contributed by atoms with van der Waals surface area (Å²) in [7, 11) is 0. The van der Waals surface area contributed by atoms with Gasteiger partial charge in [-0.25, -0.2) is 4.79 Å². The van der Waals surface area contributed by atoms with E-state index in [1.54, 1.807) is 6.92 Å². The van der Waals surface area contributed by atoms with E-state index < -0.39 is 5.97 Å². The van der Waals surface area contributed by atoms with Crippen molar-refractivity contribution in [1.29, 1.82) is 0 Å². The molecule has 0 radical (unpaired) electrons. The predicted molar refractivity (Wildman–Crippen MR) is 74.4 cm³/mol. The van der Waals surface area contributed by atoms with Crippen LogP contribution in [-0.2, 0) is 4.74 Å². The van der Waals surface area contributed by atoms with Crippen molar-refractivity contribution in [1.82, 2.24) is 10.2 Å². The first-order chi connectivity index (χ1) is 9.41. The Hall–Kier alpha value is -1.39. The van der Waals surface area contributed by atoms with Crippen LogP contribution in [0.2, 0.25) is 0 Å². The first-order valence-corrected chi connectivity index (χ1v) is 7.42. The van der Waals surface area contributed by atoms with Gasteiger partial charge in [-0.1, -0.05) is 20.8 Å². The maximum absolute atomic E-state index is 11.5. The third-order valence-corrected chi connectivity index (χ3v) is 4.19. The van der Waals surface area contributed by atoms with Crippen LogP contribution in [0.15, 0.2) is 4.42 Å². The molecular formula is C15H24N2O3. The zero-order chi connectivity index (χ0) is 14.8. The number of aromatic nitrogens is 2. The van der Waals surface area contributed by atoms with Gasteiger partial charge in [0.1, 0.15) is 0 Å². The van der Waals surface area contributed by atoms with Crippen molar-refractivity contribution in [2.24, 2.45) is 11.3 Å². The van der Waals surface area contributed by atoms with Crippen molar-refractivity contribution in [3.63, 3.8) is 0 Å². The van der Waals surface area contributed by atoms with E-state index in [0.717, 1.165) is 18.8 Å². The molecule has 20 heavy (non-hydrogen) atoms. The molecule has 0 N–H and O–H groups in total. The molecule has 112 valence electrons. The van der Waals surface area contributed by atoms with Crippen molar-refractivity contribution in [3.8, 4) is 0 Å². The largest absolute Gasteiger partial charge is 0.459 e. The van der Waals surface area contributed by atoms with Crippen LogP contribution in [0.1, 0.15) is 75.9 Å². The summed E-state index contributed by atoms with van der Waals surface area (Å²) in [5, 5.41) is 7.80. The number of hydrogen-bond acceptors (Lipinski definition) is 5. The number of ether oxygens (including phenoxy) is 1. The number of esters is 1. The normalized spacial score (nSPS) is 23.6. The molecule has 1 aliphatic rings. The minimum Gasteiger partial charge on any atom is -0.459 e. The standard InChI is InChI=1S/C15H24N2O3/c1-5-19-14(18)13-17-16-12(20-13)10-6-8-11(9-7-10)15(2,3)4/h10-11H,5-9H2,1-4H3. The molecule has 1 aliphatic carbocycles. The summed E-state index contributed by atoms with van der Waals surface area (Å²) < 4.78 is 10.3. The van der Waals surface area contributed by atoms with Crippen molar-refractivity contribution in [2.75, 3.05) is 6.61 Å². The maximum Gasteiger partial charge on any atom is 0.396 e. The first kappa shape index (κ1) is 15.0. The number of carbonyl (C=O) groups is 1. The molecule has 1 fully saturated rings. The lowest BCUT2D eigenvalue weighted by molar-refractivity contribution is 0.0477. The van der Waals surface area contributed by atoms with Gasteiger partial charge in [0.2, 0.25) is 5.89 Å². The second-order valence-electron chi connectivity index (χ2n) is 6.58. The molecule has 1 saturated carbocycles. The van der Waals surface area contributed by atoms with Crippen LogP contribution in [0.25, 0.3) is 0 Å². The Morgan fingerprint density at radius 2 is 1.90 bits per heavy atom. The van der Waals surface area contributed by atoms with Gasteiger partial charge in [0, 0.05) is 5.92 Å². The molecule has 0 spiro atoms. The second-order valence-corrected chi connectivity index (χ2v) is 6.58. The average Bonchev–Trinajstić information content (AvgIpc) is 2.88. The van der Waals surface area contributed by atoms with Crippen LogP contribution >= 0.6 is 0 Å². The fourth-order valence-corrected chi connectivity index (χ4v) is 2.88. The van der Waals surface area contributed by atoms with Crippen molar-refractivity contribution >= 4 is 5.97 Å². The molecule has 5 nitrogen and oxygen atoms in total. The minimum atomic E-state index is -0.533. The average molecular weight is 280 g/mol. The van der Waals surface area contributed by atoms with Crippen LogP contribution in [0.3, 0.4) is 0 Å². The van der Waals surface area contributed by atoms with Crippen LogP contribution in [0.5, 0.6) is 0 Å². The van der Waals surface area contributed by atoms with Gasteiger partial charge in [-0.3, -0.25) is 0 Å². The minimum absolute atomic E-state index is 0.0280. The van der Waals surface area contributed by atoms with Gasteiger partial charge in [0.05, 0.1) is 6.61 Å². The lowest BCUT2D eigenvalue weighted by atomic mass is 9.70. The summed E-state index contributed by atoms with van der Waals surface area (Å²) >= 11 is 0. The summed E-state index contributed by atoms with van der Waals surface area (Å²) in [6.45, 7) is 8.95. The summed E-state index contributed by atoms with van der Waals surface area (Å²) in [4.78, 5) is 11.5. The van der Waals surface area contributed by atoms with E-state index in [0.29, 0.717) is 17.9 Å². The molecule has 1 heterocycles. The monoisotopic (exact) mass is 280 g/mol. The van der Waals surface area contributed by atoms with Gasteiger partial charge in [-0.2, -0.15) is 0 Å². The predicted octanol–water partition coefficient (Wildman–Crippen LogP) is 3.57. The number of rotatable bonds is 3. The summed E-state index contributed by atoms with van der Waals surface area (Å²) in [5.41, 5.74) is 0.357. The van der Waals surface area contributed by atoms with E-state index in [-0.39, 0.29) is 11.8 Å². The SMILES string of the molecule is CCOC(=O)c1nnc(C2CCC(C(C)(C)C)CC2)o1.